The van der Waals surface area contributed by atoms with Gasteiger partial charge in [-0.1, -0.05) is 12.1 Å². The van der Waals surface area contributed by atoms with Gasteiger partial charge in [0.05, 0.1) is 0 Å². The van der Waals surface area contributed by atoms with E-state index >= 15 is 0 Å². The number of alkyl halides is 2. The van der Waals surface area contributed by atoms with Crippen LogP contribution >= 0.6 is 12.4 Å². The van der Waals surface area contributed by atoms with Gasteiger partial charge in [-0.3, -0.25) is 0 Å². The molecule has 16 heavy (non-hydrogen) atoms. The van der Waals surface area contributed by atoms with Crippen molar-refractivity contribution in [3.63, 3.8) is 0 Å². The summed E-state index contributed by atoms with van der Waals surface area (Å²) in [7, 11) is 0. The summed E-state index contributed by atoms with van der Waals surface area (Å²) in [6.45, 7) is -2.82. The maximum Gasteiger partial charge on any atom is 0.387 e. The van der Waals surface area contributed by atoms with Gasteiger partial charge in [-0.05, 0) is 24.1 Å². The number of hydrogen-bond donors (Lipinski definition) is 2. The first-order valence-electron chi connectivity index (χ1n) is 4.54. The van der Waals surface area contributed by atoms with Gasteiger partial charge >= 0.3 is 6.61 Å². The van der Waals surface area contributed by atoms with Crippen molar-refractivity contribution >= 4 is 12.4 Å². The van der Waals surface area contributed by atoms with E-state index in [-0.39, 0.29) is 30.8 Å². The Morgan fingerprint density at radius 1 is 1.25 bits per heavy atom. The summed E-state index contributed by atoms with van der Waals surface area (Å²) in [4.78, 5) is 0. The number of aliphatic hydroxyl groups excluding tert-OH is 1. The van der Waals surface area contributed by atoms with Gasteiger partial charge in [-0.15, -0.1) is 12.4 Å². The number of rotatable bonds is 5. The summed E-state index contributed by atoms with van der Waals surface area (Å²) in [5.41, 5.74) is 6.49. The molecule has 0 aliphatic rings. The van der Waals surface area contributed by atoms with Crippen molar-refractivity contribution in [2.75, 3.05) is 6.61 Å². The fourth-order valence-corrected chi connectivity index (χ4v) is 1.20. The summed E-state index contributed by atoms with van der Waals surface area (Å²) in [5.74, 6) is 0.102. The van der Waals surface area contributed by atoms with Crippen LogP contribution in [0.1, 0.15) is 18.0 Å². The van der Waals surface area contributed by atoms with Crippen LogP contribution in [0, 0.1) is 0 Å². The second kappa shape index (κ2) is 7.38. The number of hydrogen-bond acceptors (Lipinski definition) is 3. The lowest BCUT2D eigenvalue weighted by Crippen LogP contribution is -2.11. The summed E-state index contributed by atoms with van der Waals surface area (Å²) < 4.78 is 27.8. The Morgan fingerprint density at radius 3 is 2.25 bits per heavy atom. The highest BCUT2D eigenvalue weighted by molar-refractivity contribution is 5.85. The van der Waals surface area contributed by atoms with Gasteiger partial charge in [0.25, 0.3) is 0 Å². The summed E-state index contributed by atoms with van der Waals surface area (Å²) in [6, 6.07) is 5.80. The number of nitrogens with two attached hydrogens (primary N) is 1. The van der Waals surface area contributed by atoms with Crippen LogP contribution in [0.25, 0.3) is 0 Å². The summed E-state index contributed by atoms with van der Waals surface area (Å²) >= 11 is 0. The fraction of sp³-hybridized carbons (Fsp3) is 0.400. The van der Waals surface area contributed by atoms with Crippen molar-refractivity contribution < 1.29 is 18.6 Å². The van der Waals surface area contributed by atoms with Crippen LogP contribution in [-0.4, -0.2) is 18.3 Å². The van der Waals surface area contributed by atoms with Crippen molar-refractivity contribution in [2.24, 2.45) is 5.73 Å². The molecule has 3 nitrogen and oxygen atoms in total. The molecule has 0 aromatic heterocycles. The van der Waals surface area contributed by atoms with Crippen molar-refractivity contribution in [1.82, 2.24) is 0 Å². The smallest absolute Gasteiger partial charge is 0.387 e. The Bertz CT molecular complexity index is 295. The zero-order valence-corrected chi connectivity index (χ0v) is 9.29. The lowest BCUT2D eigenvalue weighted by Gasteiger charge is -2.11. The van der Waals surface area contributed by atoms with E-state index in [4.69, 9.17) is 10.8 Å². The molecule has 1 atom stereocenters. The van der Waals surface area contributed by atoms with Gasteiger partial charge in [0.2, 0.25) is 0 Å². The van der Waals surface area contributed by atoms with E-state index in [1.165, 1.54) is 12.1 Å². The van der Waals surface area contributed by atoms with E-state index in [0.717, 1.165) is 5.56 Å². The highest BCUT2D eigenvalue weighted by Gasteiger charge is 2.07. The lowest BCUT2D eigenvalue weighted by molar-refractivity contribution is -0.0498. The van der Waals surface area contributed by atoms with E-state index in [0.29, 0.717) is 6.42 Å². The van der Waals surface area contributed by atoms with Crippen LogP contribution < -0.4 is 10.5 Å². The fourth-order valence-electron chi connectivity index (χ4n) is 1.20. The van der Waals surface area contributed by atoms with Crippen LogP contribution in [-0.2, 0) is 0 Å². The molecule has 0 fully saturated rings. The average Bonchev–Trinajstić information content (AvgIpc) is 2.18. The second-order valence-corrected chi connectivity index (χ2v) is 3.07. The molecule has 0 saturated heterocycles. The van der Waals surface area contributed by atoms with Gasteiger partial charge in [0.15, 0.2) is 0 Å². The molecule has 1 aromatic carbocycles. The Kier molecular flexibility index (Phi) is 6.96. The predicted octanol–water partition coefficient (Wildman–Crippen LogP) is 2.09. The average molecular weight is 254 g/mol. The van der Waals surface area contributed by atoms with Crippen LogP contribution in [0.3, 0.4) is 0 Å². The van der Waals surface area contributed by atoms with E-state index < -0.39 is 6.61 Å². The normalized spacial score (nSPS) is 12.1. The number of benzene rings is 1. The zero-order chi connectivity index (χ0) is 11.3. The van der Waals surface area contributed by atoms with Gasteiger partial charge < -0.3 is 15.6 Å². The molecule has 6 heteroatoms. The molecule has 0 radical (unpaired) electrons. The van der Waals surface area contributed by atoms with E-state index in [2.05, 4.69) is 4.74 Å². The van der Waals surface area contributed by atoms with Crippen LogP contribution in [0.4, 0.5) is 8.78 Å². The minimum Gasteiger partial charge on any atom is -0.435 e. The van der Waals surface area contributed by atoms with Gasteiger partial charge in [0.1, 0.15) is 5.75 Å². The molecule has 0 bridgehead atoms. The minimum atomic E-state index is -2.82. The van der Waals surface area contributed by atoms with Crippen molar-refractivity contribution in [3.8, 4) is 5.75 Å². The molecule has 92 valence electrons. The highest BCUT2D eigenvalue weighted by Crippen LogP contribution is 2.19. The molecule has 0 aliphatic heterocycles. The van der Waals surface area contributed by atoms with E-state index in [1.54, 1.807) is 12.1 Å². The number of aliphatic hydroxyl groups is 1. The maximum absolute atomic E-state index is 11.8. The van der Waals surface area contributed by atoms with Crippen LogP contribution in [0.15, 0.2) is 24.3 Å². The van der Waals surface area contributed by atoms with Gasteiger partial charge in [0, 0.05) is 12.6 Å². The monoisotopic (exact) mass is 253 g/mol. The number of halogens is 3. The Balaban J connectivity index is 0.00000225. The van der Waals surface area contributed by atoms with E-state index in [1.807, 2.05) is 0 Å². The molecule has 1 aromatic rings. The molecule has 3 N–H and O–H groups in total. The third-order valence-electron chi connectivity index (χ3n) is 1.97. The summed E-state index contributed by atoms with van der Waals surface area (Å²) in [6.07, 6.45) is 0.440. The minimum absolute atomic E-state index is 0. The zero-order valence-electron chi connectivity index (χ0n) is 8.48. The molecule has 0 saturated carbocycles. The van der Waals surface area contributed by atoms with E-state index in [9.17, 15) is 8.78 Å². The van der Waals surface area contributed by atoms with Gasteiger partial charge in [-0.25, -0.2) is 0 Å². The molecule has 0 unspecified atom stereocenters. The number of ether oxygens (including phenoxy) is 1. The highest BCUT2D eigenvalue weighted by atomic mass is 35.5. The largest absolute Gasteiger partial charge is 0.435 e. The standard InChI is InChI=1S/C10H13F2NO2.ClH/c11-10(12)15-8-3-1-7(2-4-8)9(13)5-6-14;/h1-4,9-10,14H,5-6,13H2;1H/t9-;/m1./s1. The van der Waals surface area contributed by atoms with Crippen LogP contribution in [0.5, 0.6) is 5.75 Å². The lowest BCUT2D eigenvalue weighted by atomic mass is 10.1. The molecular weight excluding hydrogens is 240 g/mol. The first-order valence-corrected chi connectivity index (χ1v) is 4.54. The first kappa shape index (κ1) is 15.1. The van der Waals surface area contributed by atoms with Gasteiger partial charge in [-0.2, -0.15) is 8.78 Å². The Labute approximate surface area is 98.6 Å². The molecular formula is C10H14ClF2NO2. The Morgan fingerprint density at radius 2 is 1.81 bits per heavy atom. The molecule has 0 amide bonds. The molecule has 0 aliphatic carbocycles. The molecule has 0 spiro atoms. The maximum atomic E-state index is 11.8. The van der Waals surface area contributed by atoms with Crippen molar-refractivity contribution in [1.29, 1.82) is 0 Å². The SMILES string of the molecule is Cl.N[C@H](CCO)c1ccc(OC(F)F)cc1. The summed E-state index contributed by atoms with van der Waals surface area (Å²) in [5, 5.41) is 8.67. The van der Waals surface area contributed by atoms with Crippen molar-refractivity contribution in [3.05, 3.63) is 29.8 Å². The molecule has 0 heterocycles. The Hall–Kier alpha value is -0.910. The third kappa shape index (κ3) is 4.74. The topological polar surface area (TPSA) is 55.5 Å². The van der Waals surface area contributed by atoms with Crippen LogP contribution in [0.2, 0.25) is 0 Å². The molecule has 1 rings (SSSR count). The third-order valence-corrected chi connectivity index (χ3v) is 1.97. The first-order chi connectivity index (χ1) is 7.13. The second-order valence-electron chi connectivity index (χ2n) is 3.07. The quantitative estimate of drug-likeness (QED) is 0.845. The predicted molar refractivity (Wildman–Crippen MR) is 59.0 cm³/mol. The van der Waals surface area contributed by atoms with Crippen molar-refractivity contribution in [2.45, 2.75) is 19.1 Å².